The van der Waals surface area contributed by atoms with Crippen LogP contribution >= 0.6 is 0 Å². The van der Waals surface area contributed by atoms with Crippen molar-refractivity contribution in [2.24, 2.45) is 5.41 Å². The monoisotopic (exact) mass is 236 g/mol. The lowest BCUT2D eigenvalue weighted by Crippen LogP contribution is -2.24. The Morgan fingerprint density at radius 2 is 2.12 bits per heavy atom. The van der Waals surface area contributed by atoms with Crippen molar-refractivity contribution in [2.45, 2.75) is 53.6 Å². The number of carbonyl (C=O) groups excluding carboxylic acids is 1. The van der Waals surface area contributed by atoms with Crippen LogP contribution in [0.2, 0.25) is 0 Å². The van der Waals surface area contributed by atoms with Crippen LogP contribution in [0.25, 0.3) is 0 Å². The third-order valence-corrected chi connectivity index (χ3v) is 3.49. The molecule has 1 aliphatic carbocycles. The fraction of sp³-hybridized carbons (Fsp3) is 0.667. The average molecular weight is 236 g/mol. The SMILES string of the molecule is CCOC(C)C=CC1=C(C)C(=O)CCC1(C)C. The molecule has 0 N–H and O–H groups in total. The second-order valence-corrected chi connectivity index (χ2v) is 5.37. The van der Waals surface area contributed by atoms with Crippen LogP contribution < -0.4 is 0 Å². The average Bonchev–Trinajstić information content (AvgIpc) is 2.24. The molecule has 0 saturated heterocycles. The minimum Gasteiger partial charge on any atom is -0.375 e. The first-order valence-corrected chi connectivity index (χ1v) is 6.43. The van der Waals surface area contributed by atoms with Crippen LogP contribution in [0, 0.1) is 5.41 Å². The Morgan fingerprint density at radius 1 is 1.47 bits per heavy atom. The van der Waals surface area contributed by atoms with Gasteiger partial charge in [0.2, 0.25) is 0 Å². The summed E-state index contributed by atoms with van der Waals surface area (Å²) in [7, 11) is 0. The van der Waals surface area contributed by atoms with Gasteiger partial charge in [-0.25, -0.2) is 0 Å². The van der Waals surface area contributed by atoms with Crippen LogP contribution in [0.1, 0.15) is 47.5 Å². The predicted molar refractivity (Wildman–Crippen MR) is 71.0 cm³/mol. The number of hydrogen-bond acceptors (Lipinski definition) is 2. The van der Waals surface area contributed by atoms with Gasteiger partial charge in [0.1, 0.15) is 0 Å². The van der Waals surface area contributed by atoms with E-state index in [1.54, 1.807) is 0 Å². The van der Waals surface area contributed by atoms with E-state index >= 15 is 0 Å². The summed E-state index contributed by atoms with van der Waals surface area (Å²) in [5.41, 5.74) is 2.18. The summed E-state index contributed by atoms with van der Waals surface area (Å²) in [6, 6.07) is 0. The molecule has 0 radical (unpaired) electrons. The molecule has 0 saturated carbocycles. The zero-order chi connectivity index (χ0) is 13.1. The Hall–Kier alpha value is -0.890. The van der Waals surface area contributed by atoms with Crippen LogP contribution in [0.4, 0.5) is 0 Å². The van der Waals surface area contributed by atoms with Gasteiger partial charge in [-0.2, -0.15) is 0 Å². The van der Waals surface area contributed by atoms with Gasteiger partial charge in [0, 0.05) is 13.0 Å². The zero-order valence-electron chi connectivity index (χ0n) is 11.7. The van der Waals surface area contributed by atoms with Crippen molar-refractivity contribution in [2.75, 3.05) is 6.61 Å². The number of hydrogen-bond donors (Lipinski definition) is 0. The molecule has 0 aliphatic heterocycles. The van der Waals surface area contributed by atoms with Gasteiger partial charge < -0.3 is 4.74 Å². The molecule has 2 nitrogen and oxygen atoms in total. The van der Waals surface area contributed by atoms with Crippen molar-refractivity contribution in [3.8, 4) is 0 Å². The number of allylic oxidation sites excluding steroid dienone is 3. The van der Waals surface area contributed by atoms with Crippen molar-refractivity contribution in [1.29, 1.82) is 0 Å². The molecule has 0 aromatic rings. The Balaban J connectivity index is 2.92. The van der Waals surface area contributed by atoms with Crippen molar-refractivity contribution in [3.05, 3.63) is 23.3 Å². The molecular weight excluding hydrogens is 212 g/mol. The number of ketones is 1. The normalized spacial score (nSPS) is 22.3. The van der Waals surface area contributed by atoms with Crippen molar-refractivity contribution >= 4 is 5.78 Å². The van der Waals surface area contributed by atoms with Crippen molar-refractivity contribution in [1.82, 2.24) is 0 Å². The molecule has 0 fully saturated rings. The highest BCUT2D eigenvalue weighted by Gasteiger charge is 2.30. The van der Waals surface area contributed by atoms with Crippen LogP contribution in [0.15, 0.2) is 23.3 Å². The highest BCUT2D eigenvalue weighted by molar-refractivity contribution is 5.97. The predicted octanol–water partition coefficient (Wildman–Crippen LogP) is 3.67. The molecule has 0 heterocycles. The van der Waals surface area contributed by atoms with E-state index in [4.69, 9.17) is 4.74 Å². The molecule has 1 aliphatic rings. The third-order valence-electron chi connectivity index (χ3n) is 3.49. The second-order valence-electron chi connectivity index (χ2n) is 5.37. The van der Waals surface area contributed by atoms with Crippen LogP contribution in [-0.2, 0) is 9.53 Å². The van der Waals surface area contributed by atoms with Crippen molar-refractivity contribution in [3.63, 3.8) is 0 Å². The molecule has 0 aromatic carbocycles. The summed E-state index contributed by atoms with van der Waals surface area (Å²) in [6.45, 7) is 11.1. The van der Waals surface area contributed by atoms with Gasteiger partial charge in [0.25, 0.3) is 0 Å². The largest absolute Gasteiger partial charge is 0.375 e. The highest BCUT2D eigenvalue weighted by atomic mass is 16.5. The minimum absolute atomic E-state index is 0.0976. The molecule has 0 amide bonds. The fourth-order valence-corrected chi connectivity index (χ4v) is 2.31. The number of carbonyl (C=O) groups is 1. The Labute approximate surface area is 105 Å². The lowest BCUT2D eigenvalue weighted by molar-refractivity contribution is -0.116. The van der Waals surface area contributed by atoms with Crippen LogP contribution in [0.3, 0.4) is 0 Å². The van der Waals surface area contributed by atoms with E-state index in [0.29, 0.717) is 13.0 Å². The van der Waals surface area contributed by atoms with E-state index in [2.05, 4.69) is 19.9 Å². The standard InChI is InChI=1S/C15H24O2/c1-6-17-11(2)7-8-13-12(3)14(16)9-10-15(13,4)5/h7-8,11H,6,9-10H2,1-5H3. The lowest BCUT2D eigenvalue weighted by atomic mass is 9.72. The van der Waals surface area contributed by atoms with E-state index < -0.39 is 0 Å². The molecule has 0 spiro atoms. The minimum atomic E-state index is 0.0976. The van der Waals surface area contributed by atoms with E-state index in [1.165, 1.54) is 5.57 Å². The summed E-state index contributed by atoms with van der Waals surface area (Å²) in [5, 5.41) is 0. The molecule has 1 atom stereocenters. The molecule has 2 heteroatoms. The molecule has 17 heavy (non-hydrogen) atoms. The van der Waals surface area contributed by atoms with Gasteiger partial charge in [-0.3, -0.25) is 4.79 Å². The number of rotatable bonds is 4. The molecule has 0 aromatic heterocycles. The van der Waals surface area contributed by atoms with Gasteiger partial charge in [-0.15, -0.1) is 0 Å². The van der Waals surface area contributed by atoms with E-state index in [0.717, 1.165) is 12.0 Å². The smallest absolute Gasteiger partial charge is 0.158 e. The zero-order valence-corrected chi connectivity index (χ0v) is 11.7. The highest BCUT2D eigenvalue weighted by Crippen LogP contribution is 2.39. The van der Waals surface area contributed by atoms with E-state index in [9.17, 15) is 4.79 Å². The first-order valence-electron chi connectivity index (χ1n) is 6.43. The molecule has 96 valence electrons. The molecule has 1 unspecified atom stereocenters. The first-order chi connectivity index (χ1) is 7.88. The summed E-state index contributed by atoms with van der Waals surface area (Å²) < 4.78 is 5.47. The maximum atomic E-state index is 11.7. The van der Waals surface area contributed by atoms with E-state index in [1.807, 2.05) is 26.8 Å². The van der Waals surface area contributed by atoms with E-state index in [-0.39, 0.29) is 17.3 Å². The lowest BCUT2D eigenvalue weighted by Gasteiger charge is -2.32. The summed E-state index contributed by atoms with van der Waals surface area (Å²) >= 11 is 0. The first kappa shape index (κ1) is 14.2. The molecule has 0 bridgehead atoms. The number of ether oxygens (including phenoxy) is 1. The van der Waals surface area contributed by atoms with Gasteiger partial charge >= 0.3 is 0 Å². The fourth-order valence-electron chi connectivity index (χ4n) is 2.31. The van der Waals surface area contributed by atoms with Gasteiger partial charge in [-0.1, -0.05) is 26.0 Å². The Kier molecular flexibility index (Phi) is 4.70. The quantitative estimate of drug-likeness (QED) is 0.744. The topological polar surface area (TPSA) is 26.3 Å². The maximum absolute atomic E-state index is 11.7. The summed E-state index contributed by atoms with van der Waals surface area (Å²) in [6.07, 6.45) is 5.84. The van der Waals surface area contributed by atoms with Crippen LogP contribution in [-0.4, -0.2) is 18.5 Å². The third kappa shape index (κ3) is 3.53. The molecule has 1 rings (SSSR count). The van der Waals surface area contributed by atoms with Crippen molar-refractivity contribution < 1.29 is 9.53 Å². The second kappa shape index (κ2) is 5.63. The molecular formula is C15H24O2. The van der Waals surface area contributed by atoms with Gasteiger partial charge in [-0.05, 0) is 43.8 Å². The maximum Gasteiger partial charge on any atom is 0.158 e. The summed E-state index contributed by atoms with van der Waals surface area (Å²) in [5.74, 6) is 0.285. The summed E-state index contributed by atoms with van der Waals surface area (Å²) in [4.78, 5) is 11.7. The Bertz CT molecular complexity index is 348. The number of Topliss-reactive ketones (excluding diaryl/α,β-unsaturated/α-hetero) is 1. The Morgan fingerprint density at radius 3 is 2.71 bits per heavy atom. The van der Waals surface area contributed by atoms with Gasteiger partial charge in [0.05, 0.1) is 6.10 Å². The van der Waals surface area contributed by atoms with Gasteiger partial charge in [0.15, 0.2) is 5.78 Å². The van der Waals surface area contributed by atoms with Crippen LogP contribution in [0.5, 0.6) is 0 Å².